The Morgan fingerprint density at radius 1 is 1.29 bits per heavy atom. The summed E-state index contributed by atoms with van der Waals surface area (Å²) in [5, 5.41) is 13.6. The van der Waals surface area contributed by atoms with Crippen molar-refractivity contribution in [2.24, 2.45) is 0 Å². The highest BCUT2D eigenvalue weighted by Gasteiger charge is 2.11. The quantitative estimate of drug-likeness (QED) is 0.462. The Kier molecular flexibility index (Phi) is 7.52. The number of carbonyl (C=O) groups is 1. The second kappa shape index (κ2) is 9.64. The number of nitro benzene ring substituents is 1. The molecule has 1 fully saturated rings. The van der Waals surface area contributed by atoms with Crippen LogP contribution >= 0.6 is 11.8 Å². The lowest BCUT2D eigenvalue weighted by atomic mass is 10.2. The van der Waals surface area contributed by atoms with E-state index in [1.165, 1.54) is 50.9 Å². The zero-order chi connectivity index (χ0) is 17.4. The summed E-state index contributed by atoms with van der Waals surface area (Å²) in [6, 6.07) is 4.48. The van der Waals surface area contributed by atoms with Crippen LogP contribution in [0.15, 0.2) is 18.2 Å². The van der Waals surface area contributed by atoms with Gasteiger partial charge in [-0.1, -0.05) is 12.8 Å². The van der Waals surface area contributed by atoms with Crippen LogP contribution in [0.3, 0.4) is 0 Å². The maximum atomic E-state index is 12.0. The fourth-order valence-electron chi connectivity index (χ4n) is 2.81. The van der Waals surface area contributed by atoms with Crippen LogP contribution in [0.4, 0.5) is 11.4 Å². The van der Waals surface area contributed by atoms with Gasteiger partial charge < -0.3 is 10.2 Å². The van der Waals surface area contributed by atoms with E-state index < -0.39 is 4.92 Å². The fourth-order valence-corrected chi connectivity index (χ4v) is 3.60. The largest absolute Gasteiger partial charge is 0.325 e. The Morgan fingerprint density at radius 2 is 2.00 bits per heavy atom. The number of nitro groups is 1. The smallest absolute Gasteiger partial charge is 0.269 e. The van der Waals surface area contributed by atoms with Gasteiger partial charge in [0.2, 0.25) is 5.91 Å². The number of hydrogen-bond donors (Lipinski definition) is 1. The van der Waals surface area contributed by atoms with E-state index in [0.717, 1.165) is 12.3 Å². The molecule has 1 heterocycles. The molecule has 1 aliphatic rings. The highest BCUT2D eigenvalue weighted by atomic mass is 32.2. The molecule has 0 unspecified atom stereocenters. The average molecular weight is 351 g/mol. The van der Waals surface area contributed by atoms with Gasteiger partial charge >= 0.3 is 0 Å². The van der Waals surface area contributed by atoms with Crippen molar-refractivity contribution in [2.45, 2.75) is 32.6 Å². The number of benzene rings is 1. The van der Waals surface area contributed by atoms with E-state index in [2.05, 4.69) is 10.2 Å². The van der Waals surface area contributed by atoms with Gasteiger partial charge in [-0.15, -0.1) is 0 Å². The molecule has 0 radical (unpaired) electrons. The lowest BCUT2D eigenvalue weighted by Crippen LogP contribution is -2.27. The van der Waals surface area contributed by atoms with E-state index in [0.29, 0.717) is 17.0 Å². The second-order valence-corrected chi connectivity index (χ2v) is 7.22. The average Bonchev–Trinajstić information content (AvgIpc) is 2.82. The second-order valence-electron chi connectivity index (χ2n) is 6.11. The first kappa shape index (κ1) is 18.7. The maximum absolute atomic E-state index is 12.0. The Balaban J connectivity index is 1.70. The molecule has 24 heavy (non-hydrogen) atoms. The standard InChI is InChI=1S/C17H25N3O3S/c1-14-12-15(20(22)23)6-7-16(14)18-17(21)13-24-11-10-19-8-4-2-3-5-9-19/h6-7,12H,2-5,8-11,13H2,1H3,(H,18,21). The van der Waals surface area contributed by atoms with Crippen molar-refractivity contribution in [1.82, 2.24) is 4.90 Å². The van der Waals surface area contributed by atoms with E-state index in [1.54, 1.807) is 24.8 Å². The SMILES string of the molecule is Cc1cc([N+](=O)[O-])ccc1NC(=O)CSCCN1CCCCCC1. The molecule has 0 atom stereocenters. The third kappa shape index (κ3) is 6.13. The minimum Gasteiger partial charge on any atom is -0.325 e. The van der Waals surface area contributed by atoms with Crippen LogP contribution in [0.5, 0.6) is 0 Å². The molecule has 1 aromatic rings. The van der Waals surface area contributed by atoms with Crippen LogP contribution < -0.4 is 5.32 Å². The molecular formula is C17H25N3O3S. The van der Waals surface area contributed by atoms with Gasteiger partial charge in [-0.2, -0.15) is 11.8 Å². The Hall–Kier alpha value is -1.60. The van der Waals surface area contributed by atoms with Crippen molar-refractivity contribution in [3.05, 3.63) is 33.9 Å². The predicted molar refractivity (Wildman–Crippen MR) is 98.7 cm³/mol. The van der Waals surface area contributed by atoms with E-state index in [-0.39, 0.29) is 11.6 Å². The Labute approximate surface area is 147 Å². The summed E-state index contributed by atoms with van der Waals surface area (Å²) in [4.78, 5) is 24.8. The van der Waals surface area contributed by atoms with E-state index in [1.807, 2.05) is 0 Å². The van der Waals surface area contributed by atoms with Gasteiger partial charge in [0.15, 0.2) is 0 Å². The van der Waals surface area contributed by atoms with Crippen LogP contribution in [-0.4, -0.2) is 46.9 Å². The fraction of sp³-hybridized carbons (Fsp3) is 0.588. The van der Waals surface area contributed by atoms with Crippen LogP contribution in [-0.2, 0) is 4.79 Å². The van der Waals surface area contributed by atoms with Gasteiger partial charge in [-0.25, -0.2) is 0 Å². The first-order valence-corrected chi connectivity index (χ1v) is 9.57. The predicted octanol–water partition coefficient (Wildman–Crippen LogP) is 3.45. The normalized spacial score (nSPS) is 15.7. The van der Waals surface area contributed by atoms with Gasteiger partial charge in [0, 0.05) is 30.1 Å². The first-order chi connectivity index (χ1) is 11.6. The number of anilines is 1. The van der Waals surface area contributed by atoms with Crippen LogP contribution in [0.25, 0.3) is 0 Å². The number of thioether (sulfide) groups is 1. The number of aryl methyl sites for hydroxylation is 1. The Morgan fingerprint density at radius 3 is 2.62 bits per heavy atom. The number of nitrogens with zero attached hydrogens (tertiary/aromatic N) is 2. The molecule has 1 N–H and O–H groups in total. The van der Waals surface area contributed by atoms with Gasteiger partial charge in [0.25, 0.3) is 5.69 Å². The van der Waals surface area contributed by atoms with Gasteiger partial charge in [0.05, 0.1) is 10.7 Å². The van der Waals surface area contributed by atoms with Crippen molar-refractivity contribution < 1.29 is 9.72 Å². The molecule has 6 nitrogen and oxygen atoms in total. The molecule has 2 rings (SSSR count). The van der Waals surface area contributed by atoms with Crippen molar-refractivity contribution in [3.8, 4) is 0 Å². The summed E-state index contributed by atoms with van der Waals surface area (Å²) in [6.07, 6.45) is 5.23. The molecule has 0 aliphatic carbocycles. The van der Waals surface area contributed by atoms with Gasteiger partial charge in [-0.05, 0) is 44.5 Å². The molecule has 0 bridgehead atoms. The topological polar surface area (TPSA) is 75.5 Å². The molecular weight excluding hydrogens is 326 g/mol. The zero-order valence-corrected chi connectivity index (χ0v) is 14.9. The number of amides is 1. The molecule has 0 saturated carbocycles. The van der Waals surface area contributed by atoms with Crippen molar-refractivity contribution >= 4 is 29.0 Å². The summed E-state index contributed by atoms with van der Waals surface area (Å²) >= 11 is 1.63. The van der Waals surface area contributed by atoms with Gasteiger partial charge in [0.1, 0.15) is 0 Å². The number of hydrogen-bond acceptors (Lipinski definition) is 5. The summed E-state index contributed by atoms with van der Waals surface area (Å²) < 4.78 is 0. The third-order valence-corrected chi connectivity index (χ3v) is 5.12. The van der Waals surface area contributed by atoms with Crippen molar-refractivity contribution in [2.75, 3.05) is 36.5 Å². The number of rotatable bonds is 7. The van der Waals surface area contributed by atoms with Crippen LogP contribution in [0.1, 0.15) is 31.2 Å². The summed E-state index contributed by atoms with van der Waals surface area (Å²) in [5.74, 6) is 1.30. The number of non-ortho nitro benzene ring substituents is 1. The molecule has 1 saturated heterocycles. The lowest BCUT2D eigenvalue weighted by Gasteiger charge is -2.19. The molecule has 0 spiro atoms. The minimum absolute atomic E-state index is 0.0392. The summed E-state index contributed by atoms with van der Waals surface area (Å²) in [6.45, 7) is 5.15. The highest BCUT2D eigenvalue weighted by molar-refractivity contribution is 7.99. The minimum atomic E-state index is -0.433. The lowest BCUT2D eigenvalue weighted by molar-refractivity contribution is -0.384. The first-order valence-electron chi connectivity index (χ1n) is 8.41. The summed E-state index contributed by atoms with van der Waals surface area (Å²) in [7, 11) is 0. The monoisotopic (exact) mass is 351 g/mol. The van der Waals surface area contributed by atoms with E-state index in [9.17, 15) is 14.9 Å². The van der Waals surface area contributed by atoms with E-state index in [4.69, 9.17) is 0 Å². The van der Waals surface area contributed by atoms with Gasteiger partial charge in [-0.3, -0.25) is 14.9 Å². The molecule has 1 aliphatic heterocycles. The highest BCUT2D eigenvalue weighted by Crippen LogP contribution is 2.21. The number of nitrogens with one attached hydrogen (secondary N) is 1. The summed E-state index contributed by atoms with van der Waals surface area (Å²) in [5.41, 5.74) is 1.38. The molecule has 0 aromatic heterocycles. The molecule has 7 heteroatoms. The third-order valence-electron chi connectivity index (χ3n) is 4.18. The molecule has 132 valence electrons. The van der Waals surface area contributed by atoms with E-state index >= 15 is 0 Å². The number of carbonyl (C=O) groups excluding carboxylic acids is 1. The van der Waals surface area contributed by atoms with Crippen LogP contribution in [0.2, 0.25) is 0 Å². The molecule has 1 amide bonds. The number of likely N-dealkylation sites (tertiary alicyclic amines) is 1. The molecule has 1 aromatic carbocycles. The van der Waals surface area contributed by atoms with Crippen molar-refractivity contribution in [1.29, 1.82) is 0 Å². The Bertz CT molecular complexity index is 572. The maximum Gasteiger partial charge on any atom is 0.269 e. The van der Waals surface area contributed by atoms with Crippen LogP contribution in [0, 0.1) is 17.0 Å². The van der Waals surface area contributed by atoms with Crippen molar-refractivity contribution in [3.63, 3.8) is 0 Å². The zero-order valence-electron chi connectivity index (χ0n) is 14.1.